The molecule has 1 rings (SSSR count). The maximum Gasteiger partial charge on any atom is 0.306 e. The first-order valence-corrected chi connectivity index (χ1v) is 4.84. The molecular formula is C10H14N2O3. The topological polar surface area (TPSA) is 72.0 Å². The molecule has 0 spiro atoms. The second kappa shape index (κ2) is 5.29. The molecule has 82 valence electrons. The standard InChI is InChI=1S/C10H14N2O3/c1-3-4-9(14)15-6-8-5-11-10(12-8)7(2)13/h5H,3-4,6H2,1-2H3,(H,11,12). The van der Waals surface area contributed by atoms with E-state index in [1.54, 1.807) is 0 Å². The van der Waals surface area contributed by atoms with Gasteiger partial charge in [0.25, 0.3) is 0 Å². The van der Waals surface area contributed by atoms with Crippen LogP contribution < -0.4 is 0 Å². The van der Waals surface area contributed by atoms with Crippen molar-refractivity contribution in [1.82, 2.24) is 9.97 Å². The summed E-state index contributed by atoms with van der Waals surface area (Å²) in [4.78, 5) is 28.5. The molecule has 5 nitrogen and oxygen atoms in total. The number of imidazole rings is 1. The Morgan fingerprint density at radius 3 is 2.80 bits per heavy atom. The molecule has 0 radical (unpaired) electrons. The van der Waals surface area contributed by atoms with Gasteiger partial charge in [-0.1, -0.05) is 6.92 Å². The fourth-order valence-corrected chi connectivity index (χ4v) is 1.05. The van der Waals surface area contributed by atoms with Gasteiger partial charge in [0.05, 0.1) is 11.9 Å². The van der Waals surface area contributed by atoms with E-state index in [-0.39, 0.29) is 24.2 Å². The van der Waals surface area contributed by atoms with E-state index in [2.05, 4.69) is 9.97 Å². The van der Waals surface area contributed by atoms with Crippen molar-refractivity contribution in [3.63, 3.8) is 0 Å². The second-order valence-corrected chi connectivity index (χ2v) is 3.22. The zero-order valence-electron chi connectivity index (χ0n) is 8.87. The lowest BCUT2D eigenvalue weighted by Crippen LogP contribution is -2.04. The molecule has 1 aromatic rings. The third-order valence-corrected chi connectivity index (χ3v) is 1.80. The molecule has 0 atom stereocenters. The molecule has 0 amide bonds. The smallest absolute Gasteiger partial charge is 0.306 e. The number of ketones is 1. The largest absolute Gasteiger partial charge is 0.459 e. The van der Waals surface area contributed by atoms with E-state index >= 15 is 0 Å². The van der Waals surface area contributed by atoms with Crippen molar-refractivity contribution >= 4 is 11.8 Å². The van der Waals surface area contributed by atoms with Crippen molar-refractivity contribution in [2.24, 2.45) is 0 Å². The zero-order chi connectivity index (χ0) is 11.3. The maximum atomic E-state index is 11.0. The van der Waals surface area contributed by atoms with Crippen LogP contribution >= 0.6 is 0 Å². The molecule has 0 saturated carbocycles. The number of hydrogen-bond donors (Lipinski definition) is 1. The number of esters is 1. The highest BCUT2D eigenvalue weighted by Crippen LogP contribution is 2.01. The van der Waals surface area contributed by atoms with Gasteiger partial charge < -0.3 is 9.72 Å². The molecule has 0 aliphatic heterocycles. The Morgan fingerprint density at radius 2 is 2.27 bits per heavy atom. The highest BCUT2D eigenvalue weighted by molar-refractivity contribution is 5.90. The number of nitrogens with zero attached hydrogens (tertiary/aromatic N) is 1. The summed E-state index contributed by atoms with van der Waals surface area (Å²) in [5.74, 6) is -0.0887. The number of hydrogen-bond acceptors (Lipinski definition) is 4. The number of nitrogens with one attached hydrogen (secondary N) is 1. The predicted octanol–water partition coefficient (Wildman–Crippen LogP) is 1.46. The summed E-state index contributed by atoms with van der Waals surface area (Å²) in [7, 11) is 0. The molecule has 0 aliphatic carbocycles. The number of carbonyl (C=O) groups excluding carboxylic acids is 2. The van der Waals surface area contributed by atoms with Gasteiger partial charge in [0.15, 0.2) is 11.6 Å². The maximum absolute atomic E-state index is 11.0. The minimum Gasteiger partial charge on any atom is -0.459 e. The molecule has 5 heteroatoms. The third kappa shape index (κ3) is 3.53. The lowest BCUT2D eigenvalue weighted by molar-refractivity contribution is -0.145. The van der Waals surface area contributed by atoms with Crippen LogP contribution in [0.25, 0.3) is 0 Å². The Bertz CT molecular complexity index is 357. The quantitative estimate of drug-likeness (QED) is 0.589. The molecule has 1 N–H and O–H groups in total. The third-order valence-electron chi connectivity index (χ3n) is 1.80. The average Bonchev–Trinajstić information content (AvgIpc) is 2.63. The van der Waals surface area contributed by atoms with Crippen LogP contribution in [0.1, 0.15) is 43.0 Å². The summed E-state index contributed by atoms with van der Waals surface area (Å²) >= 11 is 0. The minimum atomic E-state index is -0.239. The molecule has 0 unspecified atom stereocenters. The van der Waals surface area contributed by atoms with Gasteiger partial charge in [-0.15, -0.1) is 0 Å². The van der Waals surface area contributed by atoms with Gasteiger partial charge in [-0.05, 0) is 6.42 Å². The van der Waals surface area contributed by atoms with E-state index in [9.17, 15) is 9.59 Å². The van der Waals surface area contributed by atoms with Gasteiger partial charge in [-0.2, -0.15) is 0 Å². The first kappa shape index (κ1) is 11.4. The Labute approximate surface area is 87.9 Å². The van der Waals surface area contributed by atoms with E-state index < -0.39 is 0 Å². The summed E-state index contributed by atoms with van der Waals surface area (Å²) in [5, 5.41) is 0. The van der Waals surface area contributed by atoms with E-state index in [1.807, 2.05) is 6.92 Å². The van der Waals surface area contributed by atoms with E-state index in [0.29, 0.717) is 12.1 Å². The average molecular weight is 210 g/mol. The number of aromatic nitrogens is 2. The fourth-order valence-electron chi connectivity index (χ4n) is 1.05. The van der Waals surface area contributed by atoms with Crippen molar-refractivity contribution in [3.05, 3.63) is 17.7 Å². The van der Waals surface area contributed by atoms with E-state index in [0.717, 1.165) is 6.42 Å². The second-order valence-electron chi connectivity index (χ2n) is 3.22. The van der Waals surface area contributed by atoms with Gasteiger partial charge in [-0.3, -0.25) is 9.59 Å². The zero-order valence-corrected chi connectivity index (χ0v) is 8.87. The van der Waals surface area contributed by atoms with Crippen LogP contribution in [0.5, 0.6) is 0 Å². The van der Waals surface area contributed by atoms with Gasteiger partial charge in [0, 0.05) is 13.3 Å². The van der Waals surface area contributed by atoms with Gasteiger partial charge in [0.1, 0.15) is 6.61 Å². The molecular weight excluding hydrogens is 196 g/mol. The molecule has 0 aliphatic rings. The van der Waals surface area contributed by atoms with Crippen LogP contribution in [0.4, 0.5) is 0 Å². The summed E-state index contributed by atoms with van der Waals surface area (Å²) in [6.07, 6.45) is 2.67. The molecule has 1 aromatic heterocycles. The molecule has 0 aromatic carbocycles. The Kier molecular flexibility index (Phi) is 4.03. The van der Waals surface area contributed by atoms with Crippen LogP contribution in [0.3, 0.4) is 0 Å². The molecule has 1 heterocycles. The van der Waals surface area contributed by atoms with Crippen LogP contribution in [0.15, 0.2) is 6.20 Å². The molecule has 0 saturated heterocycles. The summed E-state index contributed by atoms with van der Waals surface area (Å²) in [6.45, 7) is 3.47. The SMILES string of the molecule is CCCC(=O)OCc1cnc(C(C)=O)[nH]1. The van der Waals surface area contributed by atoms with E-state index in [1.165, 1.54) is 13.1 Å². The van der Waals surface area contributed by atoms with Crippen molar-refractivity contribution < 1.29 is 14.3 Å². The lowest BCUT2D eigenvalue weighted by atomic mass is 10.3. The minimum absolute atomic E-state index is 0.138. The van der Waals surface area contributed by atoms with Crippen molar-refractivity contribution in [3.8, 4) is 0 Å². The first-order valence-electron chi connectivity index (χ1n) is 4.84. The summed E-state index contributed by atoms with van der Waals surface area (Å²) < 4.78 is 4.94. The number of Topliss-reactive ketones (excluding diaryl/α,β-unsaturated/α-hetero) is 1. The monoisotopic (exact) mass is 210 g/mol. The number of aromatic amines is 1. The normalized spacial score (nSPS) is 10.0. The van der Waals surface area contributed by atoms with Crippen molar-refractivity contribution in [1.29, 1.82) is 0 Å². The summed E-state index contributed by atoms with van der Waals surface area (Å²) in [5.41, 5.74) is 0.629. The number of rotatable bonds is 5. The van der Waals surface area contributed by atoms with Crippen LogP contribution in [0, 0.1) is 0 Å². The van der Waals surface area contributed by atoms with Crippen LogP contribution in [0.2, 0.25) is 0 Å². The molecule has 15 heavy (non-hydrogen) atoms. The molecule has 0 bridgehead atoms. The number of carbonyl (C=O) groups is 2. The van der Waals surface area contributed by atoms with Crippen LogP contribution in [-0.4, -0.2) is 21.7 Å². The Morgan fingerprint density at radius 1 is 1.53 bits per heavy atom. The van der Waals surface area contributed by atoms with Gasteiger partial charge in [0.2, 0.25) is 0 Å². The highest BCUT2D eigenvalue weighted by atomic mass is 16.5. The lowest BCUT2D eigenvalue weighted by Gasteiger charge is -2.00. The predicted molar refractivity (Wildman–Crippen MR) is 53.3 cm³/mol. The number of H-pyrrole nitrogens is 1. The Balaban J connectivity index is 2.44. The molecule has 0 fully saturated rings. The summed E-state index contributed by atoms with van der Waals surface area (Å²) in [6, 6.07) is 0. The van der Waals surface area contributed by atoms with Gasteiger partial charge >= 0.3 is 5.97 Å². The Hall–Kier alpha value is -1.65. The van der Waals surface area contributed by atoms with Gasteiger partial charge in [-0.25, -0.2) is 4.98 Å². The number of ether oxygens (including phenoxy) is 1. The fraction of sp³-hybridized carbons (Fsp3) is 0.500. The first-order chi connectivity index (χ1) is 7.13. The van der Waals surface area contributed by atoms with Crippen LogP contribution in [-0.2, 0) is 16.1 Å². The van der Waals surface area contributed by atoms with Crippen molar-refractivity contribution in [2.45, 2.75) is 33.3 Å². The van der Waals surface area contributed by atoms with Crippen molar-refractivity contribution in [2.75, 3.05) is 0 Å². The highest BCUT2D eigenvalue weighted by Gasteiger charge is 2.06. The van der Waals surface area contributed by atoms with E-state index in [4.69, 9.17) is 4.74 Å².